The highest BCUT2D eigenvalue weighted by Crippen LogP contribution is 2.49. The lowest BCUT2D eigenvalue weighted by Gasteiger charge is -2.30. The maximum absolute atomic E-state index is 6.46. The van der Waals surface area contributed by atoms with E-state index in [-0.39, 0.29) is 0 Å². The van der Waals surface area contributed by atoms with Crippen LogP contribution >= 0.6 is 11.3 Å². The van der Waals surface area contributed by atoms with Crippen LogP contribution in [0.3, 0.4) is 0 Å². The molecule has 0 saturated carbocycles. The van der Waals surface area contributed by atoms with Crippen molar-refractivity contribution in [1.82, 2.24) is 0 Å². The number of para-hydroxylation sites is 2. The molecular weight excluding hydrogens is 735 g/mol. The highest BCUT2D eigenvalue weighted by Gasteiger charge is 2.23. The quantitative estimate of drug-likeness (QED) is 0.157. The average molecular weight is 770 g/mol. The molecule has 2 heterocycles. The maximum Gasteiger partial charge on any atom is 0.136 e. The molecule has 0 radical (unpaired) electrons. The van der Waals surface area contributed by atoms with Crippen LogP contribution < -0.4 is 4.90 Å². The van der Waals surface area contributed by atoms with Crippen molar-refractivity contribution in [3.8, 4) is 33.4 Å². The summed E-state index contributed by atoms with van der Waals surface area (Å²) in [5.41, 5.74) is 11.9. The van der Waals surface area contributed by atoms with E-state index in [0.29, 0.717) is 0 Å². The summed E-state index contributed by atoms with van der Waals surface area (Å²) in [6, 6.07) is 77.3. The van der Waals surface area contributed by atoms with Gasteiger partial charge in [0.05, 0.1) is 11.4 Å². The highest BCUT2D eigenvalue weighted by molar-refractivity contribution is 7.25. The first-order chi connectivity index (χ1) is 29.2. The Morgan fingerprint density at radius 2 is 0.966 bits per heavy atom. The van der Waals surface area contributed by atoms with Gasteiger partial charge in [0, 0.05) is 47.8 Å². The summed E-state index contributed by atoms with van der Waals surface area (Å²) in [5.74, 6) is 0. The molecule has 0 fully saturated rings. The van der Waals surface area contributed by atoms with Gasteiger partial charge in [-0.1, -0.05) is 152 Å². The smallest absolute Gasteiger partial charge is 0.136 e. The monoisotopic (exact) mass is 769 g/mol. The zero-order valence-corrected chi connectivity index (χ0v) is 32.8. The van der Waals surface area contributed by atoms with Crippen LogP contribution in [0.2, 0.25) is 0 Å². The Hall–Kier alpha value is -7.46. The van der Waals surface area contributed by atoms with E-state index in [2.05, 4.69) is 205 Å². The van der Waals surface area contributed by atoms with E-state index in [1.165, 1.54) is 47.3 Å². The van der Waals surface area contributed by atoms with Gasteiger partial charge >= 0.3 is 0 Å². The van der Waals surface area contributed by atoms with Crippen LogP contribution in [0.5, 0.6) is 0 Å². The maximum atomic E-state index is 6.46. The summed E-state index contributed by atoms with van der Waals surface area (Å²) in [6.07, 6.45) is 0. The van der Waals surface area contributed by atoms with Crippen molar-refractivity contribution in [3.63, 3.8) is 0 Å². The first-order valence-electron chi connectivity index (χ1n) is 20.1. The third-order valence-corrected chi connectivity index (χ3v) is 13.0. The van der Waals surface area contributed by atoms with E-state index >= 15 is 0 Å². The fraction of sp³-hybridized carbons (Fsp3) is 0. The Kier molecular flexibility index (Phi) is 7.75. The van der Waals surface area contributed by atoms with Gasteiger partial charge < -0.3 is 9.32 Å². The molecule has 12 aromatic rings. The number of hydrogen-bond acceptors (Lipinski definition) is 3. The van der Waals surface area contributed by atoms with E-state index in [0.717, 1.165) is 66.8 Å². The van der Waals surface area contributed by atoms with Gasteiger partial charge in [-0.25, -0.2) is 0 Å². The second-order valence-electron chi connectivity index (χ2n) is 15.2. The Morgan fingerprint density at radius 1 is 0.322 bits per heavy atom. The molecule has 0 aliphatic heterocycles. The van der Waals surface area contributed by atoms with Gasteiger partial charge in [0.2, 0.25) is 0 Å². The minimum atomic E-state index is 0.881. The van der Waals surface area contributed by atoms with E-state index < -0.39 is 0 Å². The van der Waals surface area contributed by atoms with Crippen molar-refractivity contribution >= 4 is 92.1 Å². The van der Waals surface area contributed by atoms with Crippen molar-refractivity contribution in [3.05, 3.63) is 212 Å². The third kappa shape index (κ3) is 5.55. The Labute approximate surface area is 345 Å². The molecule has 12 rings (SSSR count). The van der Waals surface area contributed by atoms with Crippen molar-refractivity contribution in [2.24, 2.45) is 0 Å². The summed E-state index contributed by atoms with van der Waals surface area (Å²) in [7, 11) is 0. The van der Waals surface area contributed by atoms with Crippen LogP contribution in [0.1, 0.15) is 0 Å². The zero-order valence-electron chi connectivity index (χ0n) is 32.0. The fourth-order valence-corrected chi connectivity index (χ4v) is 10.2. The van der Waals surface area contributed by atoms with E-state index in [4.69, 9.17) is 4.42 Å². The van der Waals surface area contributed by atoms with Gasteiger partial charge in [-0.2, -0.15) is 0 Å². The summed E-state index contributed by atoms with van der Waals surface area (Å²) in [5, 5.41) is 9.77. The summed E-state index contributed by atoms with van der Waals surface area (Å²) >= 11 is 1.85. The number of hydrogen-bond donors (Lipinski definition) is 0. The first-order valence-corrected chi connectivity index (χ1v) is 20.9. The molecule has 2 nitrogen and oxygen atoms in total. The lowest BCUT2D eigenvalue weighted by molar-refractivity contribution is 0.669. The molecule has 10 aromatic carbocycles. The Morgan fingerprint density at radius 3 is 1.86 bits per heavy atom. The molecule has 0 saturated heterocycles. The lowest BCUT2D eigenvalue weighted by atomic mass is 9.91. The number of furan rings is 1. The molecule has 59 heavy (non-hydrogen) atoms. The van der Waals surface area contributed by atoms with Crippen LogP contribution in [-0.2, 0) is 0 Å². The van der Waals surface area contributed by atoms with E-state index in [1.807, 2.05) is 23.5 Å². The second-order valence-corrected chi connectivity index (χ2v) is 16.3. The van der Waals surface area contributed by atoms with Crippen LogP contribution in [-0.4, -0.2) is 0 Å². The number of nitrogens with zero attached hydrogens (tertiary/aromatic N) is 1. The minimum Gasteiger partial charge on any atom is -0.456 e. The predicted molar refractivity (Wildman–Crippen MR) is 253 cm³/mol. The lowest BCUT2D eigenvalue weighted by Crippen LogP contribution is -2.12. The molecule has 0 atom stereocenters. The molecule has 3 heteroatoms. The summed E-state index contributed by atoms with van der Waals surface area (Å²) in [4.78, 5) is 2.49. The largest absolute Gasteiger partial charge is 0.456 e. The molecule has 0 spiro atoms. The van der Waals surface area contributed by atoms with Crippen molar-refractivity contribution in [2.45, 2.75) is 0 Å². The molecule has 0 aliphatic rings. The van der Waals surface area contributed by atoms with Crippen molar-refractivity contribution in [1.29, 1.82) is 0 Å². The summed E-state index contributed by atoms with van der Waals surface area (Å²) in [6.45, 7) is 0. The summed E-state index contributed by atoms with van der Waals surface area (Å²) < 4.78 is 9.03. The zero-order chi connectivity index (χ0) is 38.9. The highest BCUT2D eigenvalue weighted by atomic mass is 32.1. The minimum absolute atomic E-state index is 0.881. The number of benzene rings is 10. The van der Waals surface area contributed by atoms with Crippen LogP contribution in [0.15, 0.2) is 217 Å². The van der Waals surface area contributed by atoms with Crippen molar-refractivity contribution in [2.75, 3.05) is 4.90 Å². The fourth-order valence-electron chi connectivity index (χ4n) is 9.11. The molecule has 2 aromatic heterocycles. The van der Waals surface area contributed by atoms with Gasteiger partial charge in [-0.15, -0.1) is 11.3 Å². The van der Waals surface area contributed by atoms with Gasteiger partial charge in [0.15, 0.2) is 0 Å². The number of rotatable bonds is 6. The van der Waals surface area contributed by atoms with Crippen LogP contribution in [0, 0.1) is 0 Å². The number of fused-ring (bicyclic) bond motifs is 9. The SMILES string of the molecule is c1ccc(-c2ccc(-c3cc4ccccc4c4ccccc34)cc2N(c2ccc3sc4ccccc4c3c2)c2ccccc2-c2ccc3c(c2)oc2ccccc23)cc1. The first kappa shape index (κ1) is 33.7. The predicted octanol–water partition coefficient (Wildman–Crippen LogP) is 16.7. The molecular formula is C56H35NOS. The molecule has 0 unspecified atom stereocenters. The molecule has 0 amide bonds. The topological polar surface area (TPSA) is 16.4 Å². The molecule has 0 N–H and O–H groups in total. The number of thiophene rings is 1. The van der Waals surface area contributed by atoms with Gasteiger partial charge in [-0.05, 0) is 104 Å². The van der Waals surface area contributed by atoms with Crippen LogP contribution in [0.4, 0.5) is 17.1 Å². The van der Waals surface area contributed by atoms with Crippen LogP contribution in [0.25, 0.3) is 97.0 Å². The van der Waals surface area contributed by atoms with Gasteiger partial charge in [0.1, 0.15) is 11.2 Å². The normalized spacial score (nSPS) is 11.7. The second kappa shape index (κ2) is 13.6. The van der Waals surface area contributed by atoms with Gasteiger partial charge in [0.25, 0.3) is 0 Å². The van der Waals surface area contributed by atoms with E-state index in [1.54, 1.807) is 0 Å². The molecule has 0 bridgehead atoms. The molecule has 0 aliphatic carbocycles. The van der Waals surface area contributed by atoms with E-state index in [9.17, 15) is 0 Å². The van der Waals surface area contributed by atoms with Crippen molar-refractivity contribution < 1.29 is 4.42 Å². The standard InChI is InChI=1S/C56H35NOS/c1-2-14-36(15-3-1)43-29-26-38(49-32-37-16-4-5-17-41(37)44-19-6-7-20-45(44)49)33-52(43)57(40-28-31-56-50(35-40)48-22-10-13-25-55(48)59-56)51-23-11-8-18-42(51)39-27-30-47-46-21-9-12-24-53(46)58-54(47)34-39/h1-35H. The average Bonchev–Trinajstić information content (AvgIpc) is 3.87. The Bertz CT molecular complexity index is 3580. The third-order valence-electron chi connectivity index (χ3n) is 11.9. The molecule has 276 valence electrons. The Balaban J connectivity index is 1.15. The number of anilines is 3. The van der Waals surface area contributed by atoms with Gasteiger partial charge in [-0.3, -0.25) is 0 Å².